The molecule has 0 amide bonds. The third-order valence-corrected chi connectivity index (χ3v) is 4.24. The van der Waals surface area contributed by atoms with E-state index in [-0.39, 0.29) is 0 Å². The first-order chi connectivity index (χ1) is 7.50. The zero-order chi connectivity index (χ0) is 11.8. The Balaban J connectivity index is 2.46. The lowest BCUT2D eigenvalue weighted by Gasteiger charge is -2.21. The lowest BCUT2D eigenvalue weighted by molar-refractivity contribution is 0.102. The number of benzene rings is 1. The summed E-state index contributed by atoms with van der Waals surface area (Å²) < 4.78 is 0.764. The summed E-state index contributed by atoms with van der Waals surface area (Å²) in [5.41, 5.74) is 0.977. The van der Waals surface area contributed by atoms with Crippen LogP contribution < -0.4 is 0 Å². The highest BCUT2D eigenvalue weighted by atomic mass is 79.9. The van der Waals surface area contributed by atoms with Gasteiger partial charge in [0.1, 0.15) is 15.2 Å². The highest BCUT2D eigenvalue weighted by molar-refractivity contribution is 9.10. The SMILES string of the molecule is Cc1cccc(C(C)(O)c2nc(Br)cs2)c1. The monoisotopic (exact) mass is 297 g/mol. The van der Waals surface area contributed by atoms with Crippen LogP contribution in [0.3, 0.4) is 0 Å². The van der Waals surface area contributed by atoms with Crippen molar-refractivity contribution in [1.82, 2.24) is 4.98 Å². The van der Waals surface area contributed by atoms with Gasteiger partial charge in [0.25, 0.3) is 0 Å². The van der Waals surface area contributed by atoms with Gasteiger partial charge in [0.05, 0.1) is 0 Å². The van der Waals surface area contributed by atoms with E-state index >= 15 is 0 Å². The highest BCUT2D eigenvalue weighted by Crippen LogP contribution is 2.32. The van der Waals surface area contributed by atoms with Gasteiger partial charge in [-0.15, -0.1) is 11.3 Å². The number of rotatable bonds is 2. The van der Waals surface area contributed by atoms with Gasteiger partial charge in [-0.2, -0.15) is 0 Å². The number of aryl methyl sites for hydroxylation is 1. The normalized spacial score (nSPS) is 14.8. The molecule has 0 spiro atoms. The Morgan fingerprint density at radius 3 is 2.75 bits per heavy atom. The molecular formula is C12H12BrNOS. The summed E-state index contributed by atoms with van der Waals surface area (Å²) in [6.07, 6.45) is 0. The molecular weight excluding hydrogens is 286 g/mol. The number of aromatic nitrogens is 1. The summed E-state index contributed by atoms with van der Waals surface area (Å²) in [6.45, 7) is 3.78. The van der Waals surface area contributed by atoms with Crippen LogP contribution in [0.25, 0.3) is 0 Å². The van der Waals surface area contributed by atoms with E-state index in [0.717, 1.165) is 15.7 Å². The van der Waals surface area contributed by atoms with Crippen LogP contribution in [0.2, 0.25) is 0 Å². The van der Waals surface area contributed by atoms with Gasteiger partial charge in [-0.25, -0.2) is 4.98 Å². The molecule has 1 N–H and O–H groups in total. The zero-order valence-corrected chi connectivity index (χ0v) is 11.5. The Bertz CT molecular complexity index is 507. The second kappa shape index (κ2) is 4.28. The fraction of sp³-hybridized carbons (Fsp3) is 0.250. The summed E-state index contributed by atoms with van der Waals surface area (Å²) in [5, 5.41) is 13.1. The van der Waals surface area contributed by atoms with E-state index in [2.05, 4.69) is 20.9 Å². The minimum atomic E-state index is -1.03. The first-order valence-electron chi connectivity index (χ1n) is 4.91. The van der Waals surface area contributed by atoms with Crippen molar-refractivity contribution in [1.29, 1.82) is 0 Å². The predicted octanol–water partition coefficient (Wildman–Crippen LogP) is 3.47. The smallest absolute Gasteiger partial charge is 0.138 e. The van der Waals surface area contributed by atoms with Crippen molar-refractivity contribution in [3.8, 4) is 0 Å². The Hall–Kier alpha value is -0.710. The molecule has 0 fully saturated rings. The second-order valence-corrected chi connectivity index (χ2v) is 5.59. The Kier molecular flexibility index (Phi) is 3.15. The summed E-state index contributed by atoms with van der Waals surface area (Å²) in [6, 6.07) is 7.86. The quantitative estimate of drug-likeness (QED) is 0.921. The first kappa shape index (κ1) is 11.8. The van der Waals surface area contributed by atoms with Gasteiger partial charge in [-0.05, 0) is 35.3 Å². The first-order valence-corrected chi connectivity index (χ1v) is 6.58. The van der Waals surface area contributed by atoms with Crippen LogP contribution in [0, 0.1) is 6.92 Å². The van der Waals surface area contributed by atoms with Crippen molar-refractivity contribution in [2.45, 2.75) is 19.4 Å². The zero-order valence-electron chi connectivity index (χ0n) is 9.07. The van der Waals surface area contributed by atoms with E-state index in [1.54, 1.807) is 6.92 Å². The molecule has 0 aliphatic rings. The number of aliphatic hydroxyl groups is 1. The van der Waals surface area contributed by atoms with Crippen molar-refractivity contribution >= 4 is 27.3 Å². The van der Waals surface area contributed by atoms with Crippen molar-refractivity contribution in [3.63, 3.8) is 0 Å². The molecule has 2 nitrogen and oxygen atoms in total. The van der Waals surface area contributed by atoms with Gasteiger partial charge >= 0.3 is 0 Å². The molecule has 0 aliphatic heterocycles. The van der Waals surface area contributed by atoms with Gasteiger partial charge in [0.2, 0.25) is 0 Å². The van der Waals surface area contributed by atoms with Crippen molar-refractivity contribution in [3.05, 3.63) is 50.4 Å². The highest BCUT2D eigenvalue weighted by Gasteiger charge is 2.28. The molecule has 4 heteroatoms. The largest absolute Gasteiger partial charge is 0.378 e. The van der Waals surface area contributed by atoms with Gasteiger partial charge in [0.15, 0.2) is 0 Å². The third kappa shape index (κ3) is 2.19. The van der Waals surface area contributed by atoms with E-state index in [1.807, 2.05) is 36.6 Å². The van der Waals surface area contributed by atoms with E-state index < -0.39 is 5.60 Å². The van der Waals surface area contributed by atoms with E-state index in [1.165, 1.54) is 11.3 Å². The minimum absolute atomic E-state index is 0.699. The molecule has 0 saturated heterocycles. The average molecular weight is 298 g/mol. The standard InChI is InChI=1S/C12H12BrNOS/c1-8-4-3-5-9(6-8)12(2,15)11-14-10(13)7-16-11/h3-7,15H,1-2H3. The van der Waals surface area contributed by atoms with Crippen LogP contribution in [0.1, 0.15) is 23.1 Å². The van der Waals surface area contributed by atoms with Crippen LogP contribution >= 0.6 is 27.3 Å². The molecule has 1 atom stereocenters. The number of nitrogens with zero attached hydrogens (tertiary/aromatic N) is 1. The Morgan fingerprint density at radius 2 is 2.19 bits per heavy atom. The van der Waals surface area contributed by atoms with E-state index in [4.69, 9.17) is 0 Å². The second-order valence-electron chi connectivity index (χ2n) is 3.92. The topological polar surface area (TPSA) is 33.1 Å². The lowest BCUT2D eigenvalue weighted by Crippen LogP contribution is -2.22. The number of halogens is 1. The summed E-state index contributed by atoms with van der Waals surface area (Å²) in [4.78, 5) is 4.27. The molecule has 0 bridgehead atoms. The van der Waals surface area contributed by atoms with Gasteiger partial charge in [0, 0.05) is 5.38 Å². The van der Waals surface area contributed by atoms with Crippen LogP contribution in [-0.4, -0.2) is 10.1 Å². The van der Waals surface area contributed by atoms with Gasteiger partial charge in [-0.1, -0.05) is 29.8 Å². The maximum Gasteiger partial charge on any atom is 0.138 e. The predicted molar refractivity (Wildman–Crippen MR) is 69.7 cm³/mol. The molecule has 1 unspecified atom stereocenters. The minimum Gasteiger partial charge on any atom is -0.378 e. The van der Waals surface area contributed by atoms with Crippen molar-refractivity contribution in [2.75, 3.05) is 0 Å². The average Bonchev–Trinajstić information content (AvgIpc) is 2.65. The maximum atomic E-state index is 10.5. The van der Waals surface area contributed by atoms with Crippen LogP contribution in [0.4, 0.5) is 0 Å². The lowest BCUT2D eigenvalue weighted by atomic mass is 9.95. The number of hydrogen-bond acceptors (Lipinski definition) is 3. The van der Waals surface area contributed by atoms with Crippen LogP contribution in [-0.2, 0) is 5.60 Å². The van der Waals surface area contributed by atoms with Crippen molar-refractivity contribution < 1.29 is 5.11 Å². The molecule has 84 valence electrons. The third-order valence-electron chi connectivity index (χ3n) is 2.47. The molecule has 0 aliphatic carbocycles. The van der Waals surface area contributed by atoms with E-state index in [9.17, 15) is 5.11 Å². The summed E-state index contributed by atoms with van der Waals surface area (Å²) in [5.74, 6) is 0. The molecule has 0 saturated carbocycles. The molecule has 2 aromatic rings. The maximum absolute atomic E-state index is 10.5. The molecule has 16 heavy (non-hydrogen) atoms. The van der Waals surface area contributed by atoms with Crippen molar-refractivity contribution in [2.24, 2.45) is 0 Å². The molecule has 0 radical (unpaired) electrons. The number of hydrogen-bond donors (Lipinski definition) is 1. The fourth-order valence-electron chi connectivity index (χ4n) is 1.55. The fourth-order valence-corrected chi connectivity index (χ4v) is 2.88. The summed E-state index contributed by atoms with van der Waals surface area (Å²) >= 11 is 4.75. The van der Waals surface area contributed by atoms with Crippen LogP contribution in [0.5, 0.6) is 0 Å². The Morgan fingerprint density at radius 1 is 1.44 bits per heavy atom. The molecule has 1 aromatic carbocycles. The number of thiazole rings is 1. The molecule has 1 heterocycles. The van der Waals surface area contributed by atoms with Gasteiger partial charge < -0.3 is 5.11 Å². The molecule has 1 aromatic heterocycles. The summed E-state index contributed by atoms with van der Waals surface area (Å²) in [7, 11) is 0. The van der Waals surface area contributed by atoms with Crippen LogP contribution in [0.15, 0.2) is 34.2 Å². The molecule has 2 rings (SSSR count). The van der Waals surface area contributed by atoms with E-state index in [0.29, 0.717) is 5.01 Å². The van der Waals surface area contributed by atoms with Gasteiger partial charge in [-0.3, -0.25) is 0 Å². The Labute approximate surface area is 107 Å².